The Balaban J connectivity index is 1.22. The zero-order valence-corrected chi connectivity index (χ0v) is 25.6. The highest BCUT2D eigenvalue weighted by atomic mass is 14.9. The molecule has 0 aromatic heterocycles. The van der Waals surface area contributed by atoms with E-state index >= 15 is 0 Å². The van der Waals surface area contributed by atoms with E-state index in [1.165, 1.54) is 51.4 Å². The Bertz CT molecular complexity index is 2100. The summed E-state index contributed by atoms with van der Waals surface area (Å²) in [5.74, 6) is 0. The Hall–Kier alpha value is -5.34. The fourth-order valence-electron chi connectivity index (χ4n) is 7.23. The number of allylic oxidation sites excluding steroid dienone is 3. The molecule has 0 aliphatic heterocycles. The smallest absolute Gasteiger partial charge is 0.0464 e. The molecular weight excluding hydrogens is 544 g/mol. The van der Waals surface area contributed by atoms with E-state index in [9.17, 15) is 0 Å². The predicted molar refractivity (Wildman–Crippen MR) is 193 cm³/mol. The highest BCUT2D eigenvalue weighted by Crippen LogP contribution is 2.53. The Kier molecular flexibility index (Phi) is 6.84. The molecule has 2 heteroatoms. The van der Waals surface area contributed by atoms with Crippen LogP contribution in [0.5, 0.6) is 0 Å². The lowest BCUT2D eigenvalue weighted by molar-refractivity contribution is 0.479. The van der Waals surface area contributed by atoms with Crippen molar-refractivity contribution in [2.45, 2.75) is 26.2 Å². The molecule has 1 unspecified atom stereocenters. The fourth-order valence-corrected chi connectivity index (χ4v) is 7.23. The van der Waals surface area contributed by atoms with Gasteiger partial charge in [-0.25, -0.2) is 0 Å². The van der Waals surface area contributed by atoms with Crippen molar-refractivity contribution >= 4 is 45.2 Å². The van der Waals surface area contributed by atoms with Gasteiger partial charge in [-0.15, -0.1) is 0 Å². The Labute approximate surface area is 265 Å². The molecule has 6 aromatic rings. The van der Waals surface area contributed by atoms with Gasteiger partial charge in [-0.1, -0.05) is 116 Å². The number of benzene rings is 6. The molecule has 2 aliphatic rings. The maximum atomic E-state index is 3.83. The summed E-state index contributed by atoms with van der Waals surface area (Å²) in [6.07, 6.45) is 10.9. The van der Waals surface area contributed by atoms with Gasteiger partial charge in [-0.3, -0.25) is 0 Å². The minimum atomic E-state index is 0.0698. The molecule has 6 aromatic carbocycles. The zero-order valence-electron chi connectivity index (χ0n) is 25.6. The average Bonchev–Trinajstić information content (AvgIpc) is 3.08. The van der Waals surface area contributed by atoms with Gasteiger partial charge in [0.2, 0.25) is 0 Å². The first-order valence-electron chi connectivity index (χ1n) is 16.0. The number of rotatable bonds is 6. The fraction of sp³-hybridized carbons (Fsp3) is 0.116. The van der Waals surface area contributed by atoms with Crippen LogP contribution in [0.15, 0.2) is 146 Å². The van der Waals surface area contributed by atoms with Crippen molar-refractivity contribution in [1.29, 1.82) is 0 Å². The van der Waals surface area contributed by atoms with Crippen LogP contribution >= 0.6 is 0 Å². The van der Waals surface area contributed by atoms with Gasteiger partial charge in [0.1, 0.15) is 0 Å². The number of fused-ring (bicyclic) bond motifs is 5. The number of hydrogen-bond donors (Lipinski definition) is 2. The summed E-state index contributed by atoms with van der Waals surface area (Å²) in [5.41, 5.74) is 13.4. The second-order valence-corrected chi connectivity index (χ2v) is 12.5. The molecule has 45 heavy (non-hydrogen) atoms. The molecule has 0 spiro atoms. The van der Waals surface area contributed by atoms with Crippen LogP contribution in [0.2, 0.25) is 0 Å². The Morgan fingerprint density at radius 1 is 0.600 bits per heavy atom. The molecule has 0 bridgehead atoms. The first kappa shape index (κ1) is 27.2. The standard InChI is InChI=1S/C43H36N2/c1-43-26-12-11-22-39(43)42-37(25-27-43)34-19-6-5-14-31(34)29-38(42)36-21-8-10-24-41(36)45-33-18-13-15-30(28-33)35-20-7-9-23-40(35)44-32-16-3-2-4-17-32/h2-10,13-25,27-29,44-45H,11-12,26H2,1H3. The summed E-state index contributed by atoms with van der Waals surface area (Å²) in [4.78, 5) is 0. The Morgan fingerprint density at radius 2 is 1.29 bits per heavy atom. The molecule has 2 nitrogen and oxygen atoms in total. The van der Waals surface area contributed by atoms with Gasteiger partial charge in [0.15, 0.2) is 0 Å². The second kappa shape index (κ2) is 11.3. The minimum absolute atomic E-state index is 0.0698. The van der Waals surface area contributed by atoms with Crippen LogP contribution < -0.4 is 10.6 Å². The van der Waals surface area contributed by atoms with E-state index in [1.807, 2.05) is 6.07 Å². The second-order valence-electron chi connectivity index (χ2n) is 12.5. The summed E-state index contributed by atoms with van der Waals surface area (Å²) >= 11 is 0. The molecule has 0 amide bonds. The van der Waals surface area contributed by atoms with Crippen molar-refractivity contribution in [3.63, 3.8) is 0 Å². The number of para-hydroxylation sites is 3. The van der Waals surface area contributed by atoms with E-state index in [2.05, 4.69) is 163 Å². The first-order valence-corrected chi connectivity index (χ1v) is 16.0. The molecule has 2 aliphatic carbocycles. The van der Waals surface area contributed by atoms with Crippen molar-refractivity contribution in [3.05, 3.63) is 157 Å². The first-order chi connectivity index (χ1) is 22.2. The number of anilines is 4. The van der Waals surface area contributed by atoms with Gasteiger partial charge >= 0.3 is 0 Å². The van der Waals surface area contributed by atoms with Crippen molar-refractivity contribution in [3.8, 4) is 22.3 Å². The van der Waals surface area contributed by atoms with E-state index in [0.29, 0.717) is 0 Å². The van der Waals surface area contributed by atoms with Crippen LogP contribution in [-0.2, 0) is 0 Å². The molecule has 0 saturated carbocycles. The lowest BCUT2D eigenvalue weighted by atomic mass is 9.66. The lowest BCUT2D eigenvalue weighted by Crippen LogP contribution is -2.22. The number of hydrogen-bond acceptors (Lipinski definition) is 2. The van der Waals surface area contributed by atoms with Crippen molar-refractivity contribution in [1.82, 2.24) is 0 Å². The summed E-state index contributed by atoms with van der Waals surface area (Å²) < 4.78 is 0. The lowest BCUT2D eigenvalue weighted by Gasteiger charge is -2.38. The van der Waals surface area contributed by atoms with Crippen LogP contribution in [-0.4, -0.2) is 0 Å². The minimum Gasteiger partial charge on any atom is -0.355 e. The highest BCUT2D eigenvalue weighted by Gasteiger charge is 2.35. The summed E-state index contributed by atoms with van der Waals surface area (Å²) in [6, 6.07) is 47.6. The quantitative estimate of drug-likeness (QED) is 0.205. The van der Waals surface area contributed by atoms with Gasteiger partial charge < -0.3 is 10.6 Å². The predicted octanol–water partition coefficient (Wildman–Crippen LogP) is 12.3. The topological polar surface area (TPSA) is 24.1 Å². The van der Waals surface area contributed by atoms with E-state index in [0.717, 1.165) is 40.3 Å². The molecule has 2 N–H and O–H groups in total. The zero-order chi connectivity index (χ0) is 30.2. The van der Waals surface area contributed by atoms with Gasteiger partial charge in [0.05, 0.1) is 0 Å². The summed E-state index contributed by atoms with van der Waals surface area (Å²) in [7, 11) is 0. The largest absolute Gasteiger partial charge is 0.355 e. The Morgan fingerprint density at radius 3 is 2.16 bits per heavy atom. The summed E-state index contributed by atoms with van der Waals surface area (Å²) in [6.45, 7) is 2.41. The van der Waals surface area contributed by atoms with Gasteiger partial charge in [-0.05, 0) is 100 Å². The third-order valence-corrected chi connectivity index (χ3v) is 9.49. The van der Waals surface area contributed by atoms with Crippen LogP contribution in [0.4, 0.5) is 22.7 Å². The molecule has 0 heterocycles. The number of nitrogens with one attached hydrogen (secondary N) is 2. The maximum Gasteiger partial charge on any atom is 0.0464 e. The van der Waals surface area contributed by atoms with Gasteiger partial charge in [0, 0.05) is 39.3 Å². The van der Waals surface area contributed by atoms with E-state index in [1.54, 1.807) is 0 Å². The third-order valence-electron chi connectivity index (χ3n) is 9.49. The van der Waals surface area contributed by atoms with Crippen LogP contribution in [0, 0.1) is 5.41 Å². The normalized spacial score (nSPS) is 16.9. The maximum absolute atomic E-state index is 3.83. The van der Waals surface area contributed by atoms with E-state index in [4.69, 9.17) is 0 Å². The highest BCUT2D eigenvalue weighted by molar-refractivity contribution is 6.06. The van der Waals surface area contributed by atoms with Crippen LogP contribution in [0.25, 0.3) is 44.7 Å². The van der Waals surface area contributed by atoms with Gasteiger partial charge in [0.25, 0.3) is 0 Å². The van der Waals surface area contributed by atoms with Crippen molar-refractivity contribution in [2.24, 2.45) is 5.41 Å². The van der Waals surface area contributed by atoms with Crippen molar-refractivity contribution < 1.29 is 0 Å². The molecular formula is C43H36N2. The monoisotopic (exact) mass is 580 g/mol. The molecule has 0 saturated heterocycles. The van der Waals surface area contributed by atoms with E-state index < -0.39 is 0 Å². The summed E-state index contributed by atoms with van der Waals surface area (Å²) in [5, 5.41) is 10.0. The van der Waals surface area contributed by atoms with Crippen LogP contribution in [0.1, 0.15) is 37.3 Å². The molecule has 0 fully saturated rings. The third kappa shape index (κ3) is 5.03. The van der Waals surface area contributed by atoms with E-state index in [-0.39, 0.29) is 5.41 Å². The molecule has 8 rings (SSSR count). The van der Waals surface area contributed by atoms with Gasteiger partial charge in [-0.2, -0.15) is 0 Å². The SMILES string of the molecule is CC12C=Cc3c(c(-c4ccccc4Nc4cccc(-c5ccccc5Nc5ccccc5)c4)cc4ccccc34)C1=CCCC2. The average molecular weight is 581 g/mol. The van der Waals surface area contributed by atoms with Crippen molar-refractivity contribution in [2.75, 3.05) is 10.6 Å². The van der Waals surface area contributed by atoms with Crippen LogP contribution in [0.3, 0.4) is 0 Å². The molecule has 218 valence electrons. The molecule has 0 radical (unpaired) electrons. The molecule has 1 atom stereocenters.